The molecule has 112 valence electrons. The Kier molecular flexibility index (Phi) is 4.96. The molecule has 0 spiro atoms. The zero-order valence-electron chi connectivity index (χ0n) is 10.9. The van der Waals surface area contributed by atoms with E-state index >= 15 is 0 Å². The zero-order chi connectivity index (χ0) is 15.5. The molecule has 2 aromatic rings. The topological polar surface area (TPSA) is 85.4 Å². The van der Waals surface area contributed by atoms with Crippen LogP contribution in [0, 0.1) is 0 Å². The van der Waals surface area contributed by atoms with Crippen molar-refractivity contribution in [2.75, 3.05) is 11.3 Å². The standard InChI is InChI=1S/C12H11BrN2O4S2/c1-2-19-11(16)10-7-20-12(14-10)15-21(17,18)9-5-3-8(13)4-6-9/h3-7H,2H2,1H3,(H,14,15). The Hall–Kier alpha value is -1.45. The van der Waals surface area contributed by atoms with Gasteiger partial charge in [-0.05, 0) is 31.2 Å². The van der Waals surface area contributed by atoms with E-state index in [4.69, 9.17) is 4.74 Å². The summed E-state index contributed by atoms with van der Waals surface area (Å²) >= 11 is 4.25. The van der Waals surface area contributed by atoms with Crippen LogP contribution in [0.15, 0.2) is 39.0 Å². The van der Waals surface area contributed by atoms with Crippen LogP contribution >= 0.6 is 27.3 Å². The number of sulfonamides is 1. The second-order valence-corrected chi connectivity index (χ2v) is 7.27. The first kappa shape index (κ1) is 15.9. The lowest BCUT2D eigenvalue weighted by atomic mass is 10.4. The summed E-state index contributed by atoms with van der Waals surface area (Å²) in [5.74, 6) is -0.581. The molecule has 0 saturated carbocycles. The van der Waals surface area contributed by atoms with Gasteiger partial charge >= 0.3 is 5.97 Å². The normalized spacial score (nSPS) is 11.1. The third kappa shape index (κ3) is 4.02. The number of benzene rings is 1. The van der Waals surface area contributed by atoms with Crippen LogP contribution in [0.2, 0.25) is 0 Å². The van der Waals surface area contributed by atoms with Gasteiger partial charge in [-0.25, -0.2) is 18.2 Å². The number of esters is 1. The number of halogens is 1. The smallest absolute Gasteiger partial charge is 0.357 e. The van der Waals surface area contributed by atoms with Crippen molar-refractivity contribution < 1.29 is 17.9 Å². The lowest BCUT2D eigenvalue weighted by Crippen LogP contribution is -2.13. The molecule has 0 radical (unpaired) electrons. The number of hydrogen-bond donors (Lipinski definition) is 1. The number of hydrogen-bond acceptors (Lipinski definition) is 6. The zero-order valence-corrected chi connectivity index (χ0v) is 14.1. The van der Waals surface area contributed by atoms with E-state index in [-0.39, 0.29) is 22.3 Å². The molecule has 0 saturated heterocycles. The van der Waals surface area contributed by atoms with Crippen molar-refractivity contribution in [3.63, 3.8) is 0 Å². The predicted molar refractivity (Wildman–Crippen MR) is 83.0 cm³/mol. The van der Waals surface area contributed by atoms with Crippen molar-refractivity contribution in [1.29, 1.82) is 0 Å². The average molecular weight is 391 g/mol. The molecular formula is C12H11BrN2O4S2. The maximum atomic E-state index is 12.1. The van der Waals surface area contributed by atoms with Crippen molar-refractivity contribution in [1.82, 2.24) is 4.98 Å². The summed E-state index contributed by atoms with van der Waals surface area (Å²) in [5.41, 5.74) is 0.0790. The lowest BCUT2D eigenvalue weighted by molar-refractivity contribution is 0.0520. The van der Waals surface area contributed by atoms with Crippen LogP contribution in [0.5, 0.6) is 0 Å². The van der Waals surface area contributed by atoms with Gasteiger partial charge < -0.3 is 4.74 Å². The Balaban J connectivity index is 2.17. The average Bonchev–Trinajstić information content (AvgIpc) is 2.87. The first-order chi connectivity index (χ1) is 9.92. The van der Waals surface area contributed by atoms with Crippen molar-refractivity contribution >= 4 is 48.4 Å². The molecule has 1 N–H and O–H groups in total. The van der Waals surface area contributed by atoms with Gasteiger partial charge in [0.1, 0.15) is 0 Å². The molecule has 21 heavy (non-hydrogen) atoms. The molecule has 1 aromatic carbocycles. The molecule has 9 heteroatoms. The minimum atomic E-state index is -3.73. The highest BCUT2D eigenvalue weighted by atomic mass is 79.9. The largest absolute Gasteiger partial charge is 0.461 e. The minimum absolute atomic E-state index is 0.0790. The number of nitrogens with zero attached hydrogens (tertiary/aromatic N) is 1. The van der Waals surface area contributed by atoms with Gasteiger partial charge in [-0.2, -0.15) is 0 Å². The summed E-state index contributed by atoms with van der Waals surface area (Å²) in [6.07, 6.45) is 0. The fraction of sp³-hybridized carbons (Fsp3) is 0.167. The monoisotopic (exact) mass is 390 g/mol. The Bertz CT molecular complexity index is 741. The van der Waals surface area contributed by atoms with Crippen molar-refractivity contribution in [2.24, 2.45) is 0 Å². The van der Waals surface area contributed by atoms with Crippen LogP contribution < -0.4 is 4.72 Å². The minimum Gasteiger partial charge on any atom is -0.461 e. The van der Waals surface area contributed by atoms with Crippen LogP contribution in [0.1, 0.15) is 17.4 Å². The van der Waals surface area contributed by atoms with Gasteiger partial charge in [0.25, 0.3) is 10.0 Å². The SMILES string of the molecule is CCOC(=O)c1csc(NS(=O)(=O)c2ccc(Br)cc2)n1. The van der Waals surface area contributed by atoms with Crippen molar-refractivity contribution in [2.45, 2.75) is 11.8 Å². The molecule has 0 unspecified atom stereocenters. The number of thiazole rings is 1. The van der Waals surface area contributed by atoms with E-state index in [2.05, 4.69) is 25.6 Å². The molecule has 0 amide bonds. The van der Waals surface area contributed by atoms with Crippen LogP contribution in [0.4, 0.5) is 5.13 Å². The third-order valence-electron chi connectivity index (χ3n) is 2.33. The van der Waals surface area contributed by atoms with E-state index < -0.39 is 16.0 Å². The van der Waals surface area contributed by atoms with Gasteiger partial charge in [-0.15, -0.1) is 11.3 Å². The van der Waals surface area contributed by atoms with E-state index in [0.29, 0.717) is 0 Å². The number of ether oxygens (including phenoxy) is 1. The fourth-order valence-electron chi connectivity index (χ4n) is 1.41. The van der Waals surface area contributed by atoms with Gasteiger partial charge in [0, 0.05) is 9.85 Å². The molecule has 0 bridgehead atoms. The van der Waals surface area contributed by atoms with Crippen LogP contribution in [-0.4, -0.2) is 26.0 Å². The fourth-order valence-corrected chi connectivity index (χ4v) is 3.60. The van der Waals surface area contributed by atoms with E-state index in [9.17, 15) is 13.2 Å². The van der Waals surface area contributed by atoms with Crippen LogP contribution in [0.3, 0.4) is 0 Å². The van der Waals surface area contributed by atoms with Gasteiger partial charge in [0.05, 0.1) is 11.5 Å². The third-order valence-corrected chi connectivity index (χ3v) is 5.10. The van der Waals surface area contributed by atoms with E-state index in [0.717, 1.165) is 15.8 Å². The number of carbonyl (C=O) groups is 1. The summed E-state index contributed by atoms with van der Waals surface area (Å²) in [4.78, 5) is 15.5. The van der Waals surface area contributed by atoms with E-state index in [1.807, 2.05) is 0 Å². The predicted octanol–water partition coefficient (Wildman–Crippen LogP) is 2.88. The first-order valence-corrected chi connectivity index (χ1v) is 8.99. The quantitative estimate of drug-likeness (QED) is 0.793. The number of rotatable bonds is 5. The molecule has 1 heterocycles. The molecule has 0 aliphatic carbocycles. The Morgan fingerprint density at radius 2 is 2.05 bits per heavy atom. The molecule has 0 aliphatic heterocycles. The summed E-state index contributed by atoms with van der Waals surface area (Å²) in [5, 5.41) is 1.55. The summed E-state index contributed by atoms with van der Waals surface area (Å²) < 4.78 is 32.2. The molecule has 1 aromatic heterocycles. The van der Waals surface area contributed by atoms with Gasteiger partial charge in [-0.3, -0.25) is 4.72 Å². The van der Waals surface area contributed by atoms with Crippen molar-refractivity contribution in [3.8, 4) is 0 Å². The van der Waals surface area contributed by atoms with E-state index in [1.54, 1.807) is 19.1 Å². The number of carbonyl (C=O) groups excluding carboxylic acids is 1. The number of aromatic nitrogens is 1. The Labute approximate surface area is 134 Å². The van der Waals surface area contributed by atoms with Crippen LogP contribution in [0.25, 0.3) is 0 Å². The number of anilines is 1. The maximum absolute atomic E-state index is 12.1. The molecule has 6 nitrogen and oxygen atoms in total. The number of nitrogens with one attached hydrogen (secondary N) is 1. The highest BCUT2D eigenvalue weighted by molar-refractivity contribution is 9.10. The van der Waals surface area contributed by atoms with Gasteiger partial charge in [0.15, 0.2) is 10.8 Å². The summed E-state index contributed by atoms with van der Waals surface area (Å²) in [6, 6.07) is 6.18. The lowest BCUT2D eigenvalue weighted by Gasteiger charge is -2.04. The molecular weight excluding hydrogens is 380 g/mol. The Morgan fingerprint density at radius 3 is 2.67 bits per heavy atom. The summed E-state index contributed by atoms with van der Waals surface area (Å²) in [7, 11) is -3.73. The maximum Gasteiger partial charge on any atom is 0.357 e. The Morgan fingerprint density at radius 1 is 1.38 bits per heavy atom. The molecule has 2 rings (SSSR count). The summed E-state index contributed by atoms with van der Waals surface area (Å²) in [6.45, 7) is 1.91. The van der Waals surface area contributed by atoms with Crippen molar-refractivity contribution in [3.05, 3.63) is 39.8 Å². The van der Waals surface area contributed by atoms with Crippen LogP contribution in [-0.2, 0) is 14.8 Å². The highest BCUT2D eigenvalue weighted by Crippen LogP contribution is 2.21. The molecule has 0 aliphatic rings. The van der Waals surface area contributed by atoms with Gasteiger partial charge in [-0.1, -0.05) is 15.9 Å². The van der Waals surface area contributed by atoms with Gasteiger partial charge in [0.2, 0.25) is 0 Å². The second-order valence-electron chi connectivity index (χ2n) is 3.82. The molecule has 0 atom stereocenters. The molecule has 0 fully saturated rings. The van der Waals surface area contributed by atoms with E-state index in [1.165, 1.54) is 17.5 Å². The first-order valence-electron chi connectivity index (χ1n) is 5.83. The highest BCUT2D eigenvalue weighted by Gasteiger charge is 2.18. The second kappa shape index (κ2) is 6.54.